The van der Waals surface area contributed by atoms with E-state index in [9.17, 15) is 9.90 Å². The second kappa shape index (κ2) is 5.29. The van der Waals surface area contributed by atoms with Crippen LogP contribution in [0.2, 0.25) is 0 Å². The highest BCUT2D eigenvalue weighted by molar-refractivity contribution is 5.92. The van der Waals surface area contributed by atoms with Gasteiger partial charge in [-0.1, -0.05) is 12.1 Å². The fourth-order valence-corrected chi connectivity index (χ4v) is 1.86. The van der Waals surface area contributed by atoms with E-state index < -0.39 is 6.10 Å². The van der Waals surface area contributed by atoms with Crippen molar-refractivity contribution in [2.24, 2.45) is 5.92 Å². The Bertz CT molecular complexity index is 397. The third-order valence-corrected chi connectivity index (χ3v) is 2.94. The van der Waals surface area contributed by atoms with Crippen molar-refractivity contribution in [2.75, 3.05) is 18.5 Å². The fraction of sp³-hybridized carbons (Fsp3) is 0.462. The number of rotatable bonds is 3. The first-order valence-electron chi connectivity index (χ1n) is 5.83. The van der Waals surface area contributed by atoms with Crippen molar-refractivity contribution >= 4 is 11.6 Å². The second-order valence-corrected chi connectivity index (χ2v) is 4.35. The molecule has 1 heterocycles. The molecule has 0 spiro atoms. The predicted octanol–water partition coefficient (Wildman–Crippen LogP) is 1.71. The van der Waals surface area contributed by atoms with Gasteiger partial charge >= 0.3 is 0 Å². The topological polar surface area (TPSA) is 58.6 Å². The molecular weight excluding hydrogens is 218 g/mol. The van der Waals surface area contributed by atoms with Gasteiger partial charge in [0.25, 0.3) is 0 Å². The first-order valence-corrected chi connectivity index (χ1v) is 5.83. The monoisotopic (exact) mass is 235 g/mol. The summed E-state index contributed by atoms with van der Waals surface area (Å²) in [6.45, 7) is 2.86. The average molecular weight is 235 g/mol. The van der Waals surface area contributed by atoms with Gasteiger partial charge < -0.3 is 15.2 Å². The van der Waals surface area contributed by atoms with Crippen molar-refractivity contribution in [3.05, 3.63) is 29.8 Å². The SMILES string of the molecule is CC(O)c1cccc(NC(=O)C2CCOC2)c1. The Morgan fingerprint density at radius 3 is 3.06 bits per heavy atom. The summed E-state index contributed by atoms with van der Waals surface area (Å²) in [6.07, 6.45) is 0.253. The van der Waals surface area contributed by atoms with Crippen LogP contribution in [0, 0.1) is 5.92 Å². The molecular formula is C13H17NO3. The molecule has 2 unspecified atom stereocenters. The summed E-state index contributed by atoms with van der Waals surface area (Å²) in [5.74, 6) is -0.0598. The molecule has 92 valence electrons. The molecule has 1 aliphatic rings. The zero-order valence-electron chi connectivity index (χ0n) is 9.85. The van der Waals surface area contributed by atoms with Gasteiger partial charge in [0.1, 0.15) is 0 Å². The number of nitrogens with one attached hydrogen (secondary N) is 1. The minimum Gasteiger partial charge on any atom is -0.389 e. The largest absolute Gasteiger partial charge is 0.389 e. The normalized spacial score (nSPS) is 21.2. The maximum atomic E-state index is 11.8. The molecule has 17 heavy (non-hydrogen) atoms. The molecule has 0 aliphatic carbocycles. The summed E-state index contributed by atoms with van der Waals surface area (Å²) >= 11 is 0. The number of ether oxygens (including phenoxy) is 1. The van der Waals surface area contributed by atoms with Crippen LogP contribution in [0.4, 0.5) is 5.69 Å². The standard InChI is InChI=1S/C13H17NO3/c1-9(15)10-3-2-4-12(7-10)14-13(16)11-5-6-17-8-11/h2-4,7,9,11,15H,5-6,8H2,1H3,(H,14,16). The van der Waals surface area contributed by atoms with Crippen LogP contribution in [-0.2, 0) is 9.53 Å². The van der Waals surface area contributed by atoms with Gasteiger partial charge in [-0.3, -0.25) is 4.79 Å². The first-order chi connectivity index (χ1) is 8.16. The van der Waals surface area contributed by atoms with Crippen LogP contribution in [0.3, 0.4) is 0 Å². The van der Waals surface area contributed by atoms with Crippen LogP contribution >= 0.6 is 0 Å². The van der Waals surface area contributed by atoms with E-state index in [4.69, 9.17) is 4.74 Å². The quantitative estimate of drug-likeness (QED) is 0.838. The van der Waals surface area contributed by atoms with E-state index in [1.807, 2.05) is 18.2 Å². The zero-order chi connectivity index (χ0) is 12.3. The highest BCUT2D eigenvalue weighted by atomic mass is 16.5. The lowest BCUT2D eigenvalue weighted by molar-refractivity contribution is -0.119. The molecule has 4 heteroatoms. The Balaban J connectivity index is 2.02. The van der Waals surface area contributed by atoms with Crippen LogP contribution < -0.4 is 5.32 Å². The van der Waals surface area contributed by atoms with E-state index in [-0.39, 0.29) is 11.8 Å². The molecule has 1 saturated heterocycles. The van der Waals surface area contributed by atoms with Crippen molar-refractivity contribution in [1.82, 2.24) is 0 Å². The van der Waals surface area contributed by atoms with Crippen molar-refractivity contribution in [1.29, 1.82) is 0 Å². The van der Waals surface area contributed by atoms with Crippen molar-refractivity contribution in [3.63, 3.8) is 0 Å². The Morgan fingerprint density at radius 2 is 2.41 bits per heavy atom. The zero-order valence-corrected chi connectivity index (χ0v) is 9.85. The van der Waals surface area contributed by atoms with Gasteiger partial charge in [0.2, 0.25) is 5.91 Å². The number of anilines is 1. The van der Waals surface area contributed by atoms with Gasteiger partial charge in [0, 0.05) is 12.3 Å². The van der Waals surface area contributed by atoms with Gasteiger partial charge in [-0.05, 0) is 31.0 Å². The number of carbonyl (C=O) groups excluding carboxylic acids is 1. The van der Waals surface area contributed by atoms with Crippen LogP contribution in [0.5, 0.6) is 0 Å². The van der Waals surface area contributed by atoms with E-state index in [0.717, 1.165) is 17.7 Å². The average Bonchev–Trinajstić information content (AvgIpc) is 2.82. The summed E-state index contributed by atoms with van der Waals surface area (Å²) in [6, 6.07) is 7.26. The van der Waals surface area contributed by atoms with Crippen molar-refractivity contribution in [2.45, 2.75) is 19.4 Å². The summed E-state index contributed by atoms with van der Waals surface area (Å²) in [5.41, 5.74) is 1.52. The molecule has 1 amide bonds. The lowest BCUT2D eigenvalue weighted by atomic mass is 10.1. The van der Waals surface area contributed by atoms with Gasteiger partial charge in [0.15, 0.2) is 0 Å². The van der Waals surface area contributed by atoms with Crippen LogP contribution in [0.1, 0.15) is 25.0 Å². The van der Waals surface area contributed by atoms with Gasteiger partial charge in [0.05, 0.1) is 18.6 Å². The number of hydrogen-bond donors (Lipinski definition) is 2. The number of amides is 1. The smallest absolute Gasteiger partial charge is 0.229 e. The first kappa shape index (κ1) is 12.1. The number of carbonyl (C=O) groups is 1. The lowest BCUT2D eigenvalue weighted by Gasteiger charge is -2.11. The van der Waals surface area contributed by atoms with Gasteiger partial charge in [-0.2, -0.15) is 0 Å². The molecule has 0 saturated carbocycles. The van der Waals surface area contributed by atoms with Crippen LogP contribution in [-0.4, -0.2) is 24.2 Å². The number of aliphatic hydroxyl groups is 1. The minimum absolute atomic E-state index is 0.00903. The van der Waals surface area contributed by atoms with Crippen molar-refractivity contribution < 1.29 is 14.6 Å². The van der Waals surface area contributed by atoms with E-state index in [0.29, 0.717) is 13.2 Å². The maximum Gasteiger partial charge on any atom is 0.229 e. The van der Waals surface area contributed by atoms with Crippen LogP contribution in [0.15, 0.2) is 24.3 Å². The molecule has 0 bridgehead atoms. The molecule has 1 fully saturated rings. The summed E-state index contributed by atoms with van der Waals surface area (Å²) < 4.78 is 5.18. The molecule has 2 atom stereocenters. The molecule has 4 nitrogen and oxygen atoms in total. The van der Waals surface area contributed by atoms with Crippen LogP contribution in [0.25, 0.3) is 0 Å². The minimum atomic E-state index is -0.526. The highest BCUT2D eigenvalue weighted by Crippen LogP contribution is 2.19. The lowest BCUT2D eigenvalue weighted by Crippen LogP contribution is -2.22. The van der Waals surface area contributed by atoms with E-state index in [1.165, 1.54) is 0 Å². The number of aliphatic hydroxyl groups excluding tert-OH is 1. The molecule has 2 rings (SSSR count). The Morgan fingerprint density at radius 1 is 1.59 bits per heavy atom. The van der Waals surface area contributed by atoms with Gasteiger partial charge in [-0.15, -0.1) is 0 Å². The van der Waals surface area contributed by atoms with E-state index >= 15 is 0 Å². The molecule has 2 N–H and O–H groups in total. The second-order valence-electron chi connectivity index (χ2n) is 4.35. The van der Waals surface area contributed by atoms with E-state index in [1.54, 1.807) is 13.0 Å². The summed E-state index contributed by atoms with van der Waals surface area (Å²) in [4.78, 5) is 11.8. The maximum absolute atomic E-state index is 11.8. The van der Waals surface area contributed by atoms with Gasteiger partial charge in [-0.25, -0.2) is 0 Å². The Labute approximate surface area is 101 Å². The van der Waals surface area contributed by atoms with E-state index in [2.05, 4.69) is 5.32 Å². The summed E-state index contributed by atoms with van der Waals surface area (Å²) in [5, 5.41) is 12.3. The number of hydrogen-bond acceptors (Lipinski definition) is 3. The number of benzene rings is 1. The molecule has 1 aromatic carbocycles. The third kappa shape index (κ3) is 3.05. The fourth-order valence-electron chi connectivity index (χ4n) is 1.86. The summed E-state index contributed by atoms with van der Waals surface area (Å²) in [7, 11) is 0. The molecule has 1 aliphatic heterocycles. The molecule has 0 radical (unpaired) electrons. The molecule has 0 aromatic heterocycles. The molecule has 1 aromatic rings. The Kier molecular flexibility index (Phi) is 3.76. The predicted molar refractivity (Wildman–Crippen MR) is 64.6 cm³/mol. The Hall–Kier alpha value is -1.39. The van der Waals surface area contributed by atoms with Crippen molar-refractivity contribution in [3.8, 4) is 0 Å². The third-order valence-electron chi connectivity index (χ3n) is 2.94. The highest BCUT2D eigenvalue weighted by Gasteiger charge is 2.23.